The number of anilines is 1. The average molecular weight is 547 g/mol. The van der Waals surface area contributed by atoms with E-state index in [1.165, 1.54) is 12.3 Å². The van der Waals surface area contributed by atoms with Crippen molar-refractivity contribution in [1.82, 2.24) is 15.6 Å². The Kier molecular flexibility index (Phi) is 9.75. The molecule has 1 heterocycles. The summed E-state index contributed by atoms with van der Waals surface area (Å²) in [5, 5.41) is 28.7. The van der Waals surface area contributed by atoms with Crippen molar-refractivity contribution in [3.8, 4) is 0 Å². The molecular weight excluding hydrogens is 516 g/mol. The molecule has 3 aromatic rings. The molecule has 10 nitrogen and oxygen atoms in total. The molecule has 0 aliphatic carbocycles. The van der Waals surface area contributed by atoms with Crippen LogP contribution in [0.25, 0.3) is 0 Å². The lowest BCUT2D eigenvalue weighted by molar-refractivity contribution is -0.131. The standard InChI is InChI=1S/C25H30N4O6S2/c1-16(23(32)26-14-18-11-7-4-8-12-18)21(30)22(31)19(13-17-9-5-3-6-10-17)27-24(33)20-15-36-25(28-20)29-37(2,34)35/h3-12,15-16,19,21-22,30-31H,13-14H2,1-2H3,(H,26,32)(H,27,33)(H,28,29). The molecule has 4 atom stereocenters. The van der Waals surface area contributed by atoms with E-state index in [1.807, 2.05) is 48.5 Å². The number of aliphatic hydroxyl groups is 2. The molecule has 0 saturated heterocycles. The maximum Gasteiger partial charge on any atom is 0.271 e. The van der Waals surface area contributed by atoms with Crippen LogP contribution in [0, 0.1) is 5.92 Å². The Morgan fingerprint density at radius 2 is 1.57 bits per heavy atom. The molecule has 0 spiro atoms. The van der Waals surface area contributed by atoms with E-state index >= 15 is 0 Å². The summed E-state index contributed by atoms with van der Waals surface area (Å²) in [4.78, 5) is 29.6. The Labute approximate surface area is 219 Å². The van der Waals surface area contributed by atoms with Gasteiger partial charge in [-0.25, -0.2) is 13.4 Å². The molecule has 37 heavy (non-hydrogen) atoms. The fourth-order valence-corrected chi connectivity index (χ4v) is 5.13. The van der Waals surface area contributed by atoms with Gasteiger partial charge in [-0.05, 0) is 17.5 Å². The van der Waals surface area contributed by atoms with Crippen molar-refractivity contribution >= 4 is 38.3 Å². The lowest BCUT2D eigenvalue weighted by atomic mass is 9.90. The smallest absolute Gasteiger partial charge is 0.271 e. The van der Waals surface area contributed by atoms with Gasteiger partial charge in [0.15, 0.2) is 5.13 Å². The number of nitrogens with zero attached hydrogens (tertiary/aromatic N) is 1. The predicted molar refractivity (Wildman–Crippen MR) is 141 cm³/mol. The van der Waals surface area contributed by atoms with E-state index < -0.39 is 46.0 Å². The zero-order valence-electron chi connectivity index (χ0n) is 20.4. The van der Waals surface area contributed by atoms with E-state index in [4.69, 9.17) is 0 Å². The van der Waals surface area contributed by atoms with Crippen LogP contribution in [0.5, 0.6) is 0 Å². The Balaban J connectivity index is 1.71. The van der Waals surface area contributed by atoms with Crippen molar-refractivity contribution < 1.29 is 28.2 Å². The van der Waals surface area contributed by atoms with Crippen LogP contribution in [0.4, 0.5) is 5.13 Å². The summed E-state index contributed by atoms with van der Waals surface area (Å²) in [5.41, 5.74) is 1.63. The van der Waals surface area contributed by atoms with Gasteiger partial charge in [0, 0.05) is 11.9 Å². The number of aliphatic hydroxyl groups excluding tert-OH is 2. The maximum atomic E-state index is 12.9. The second-order valence-corrected chi connectivity index (χ2v) is 11.3. The van der Waals surface area contributed by atoms with E-state index in [-0.39, 0.29) is 23.8 Å². The SMILES string of the molecule is CC(C(=O)NCc1ccccc1)C(O)C(O)C(Cc1ccccc1)NC(=O)c1csc(NS(C)(=O)=O)n1. The highest BCUT2D eigenvalue weighted by Gasteiger charge is 2.35. The van der Waals surface area contributed by atoms with Crippen molar-refractivity contribution in [2.75, 3.05) is 11.0 Å². The second kappa shape index (κ2) is 12.8. The van der Waals surface area contributed by atoms with Crippen LogP contribution < -0.4 is 15.4 Å². The van der Waals surface area contributed by atoms with E-state index in [1.54, 1.807) is 12.1 Å². The summed E-state index contributed by atoms with van der Waals surface area (Å²) in [5.74, 6) is -2.08. The summed E-state index contributed by atoms with van der Waals surface area (Å²) in [6.45, 7) is 1.77. The van der Waals surface area contributed by atoms with Gasteiger partial charge >= 0.3 is 0 Å². The molecule has 5 N–H and O–H groups in total. The number of carbonyl (C=O) groups is 2. The van der Waals surface area contributed by atoms with Crippen LogP contribution in [-0.4, -0.2) is 59.9 Å². The number of sulfonamides is 1. The Bertz CT molecular complexity index is 1280. The van der Waals surface area contributed by atoms with Crippen LogP contribution >= 0.6 is 11.3 Å². The zero-order chi connectivity index (χ0) is 27.0. The third-order valence-corrected chi connectivity index (χ3v) is 7.07. The van der Waals surface area contributed by atoms with Crippen molar-refractivity contribution in [2.24, 2.45) is 5.92 Å². The third kappa shape index (κ3) is 8.64. The number of amides is 2. The van der Waals surface area contributed by atoms with E-state index in [0.29, 0.717) is 0 Å². The fourth-order valence-electron chi connectivity index (χ4n) is 3.59. The molecule has 3 rings (SSSR count). The molecule has 0 saturated carbocycles. The van der Waals surface area contributed by atoms with Gasteiger partial charge in [0.05, 0.1) is 24.3 Å². The third-order valence-electron chi connectivity index (χ3n) is 5.62. The van der Waals surface area contributed by atoms with E-state index in [0.717, 1.165) is 28.7 Å². The van der Waals surface area contributed by atoms with Gasteiger partial charge in [-0.2, -0.15) is 0 Å². The molecule has 1 aromatic heterocycles. The first kappa shape index (κ1) is 28.3. The number of benzene rings is 2. The highest BCUT2D eigenvalue weighted by Crippen LogP contribution is 2.19. The highest BCUT2D eigenvalue weighted by atomic mass is 32.2. The summed E-state index contributed by atoms with van der Waals surface area (Å²) in [6.07, 6.45) is -1.84. The number of hydrogen-bond donors (Lipinski definition) is 5. The van der Waals surface area contributed by atoms with Gasteiger partial charge in [-0.15, -0.1) is 11.3 Å². The molecule has 0 bridgehead atoms. The van der Waals surface area contributed by atoms with E-state index in [2.05, 4.69) is 20.3 Å². The van der Waals surface area contributed by atoms with Crippen molar-refractivity contribution in [1.29, 1.82) is 0 Å². The van der Waals surface area contributed by atoms with Gasteiger partial charge in [-0.3, -0.25) is 14.3 Å². The first-order valence-corrected chi connectivity index (χ1v) is 14.3. The average Bonchev–Trinajstić information content (AvgIpc) is 3.33. The number of thiazole rings is 1. The van der Waals surface area contributed by atoms with Crippen LogP contribution in [0.15, 0.2) is 66.0 Å². The molecule has 12 heteroatoms. The molecule has 4 unspecified atom stereocenters. The molecule has 0 fully saturated rings. The minimum Gasteiger partial charge on any atom is -0.390 e. The molecular formula is C25H30N4O6S2. The van der Waals surface area contributed by atoms with E-state index in [9.17, 15) is 28.2 Å². The lowest BCUT2D eigenvalue weighted by Gasteiger charge is -2.30. The second-order valence-electron chi connectivity index (χ2n) is 8.66. The largest absolute Gasteiger partial charge is 0.390 e. The van der Waals surface area contributed by atoms with Gasteiger partial charge in [0.25, 0.3) is 5.91 Å². The molecule has 0 aliphatic rings. The fraction of sp³-hybridized carbons (Fsp3) is 0.320. The number of hydrogen-bond acceptors (Lipinski definition) is 8. The number of rotatable bonds is 12. The zero-order valence-corrected chi connectivity index (χ0v) is 22.0. The lowest BCUT2D eigenvalue weighted by Crippen LogP contribution is -2.53. The van der Waals surface area contributed by atoms with Crippen molar-refractivity contribution in [3.63, 3.8) is 0 Å². The van der Waals surface area contributed by atoms with Gasteiger partial charge in [0.2, 0.25) is 15.9 Å². The normalized spacial score (nSPS) is 14.7. The summed E-state index contributed by atoms with van der Waals surface area (Å²) in [6, 6.07) is 17.4. The summed E-state index contributed by atoms with van der Waals surface area (Å²) < 4.78 is 25.1. The number of carbonyl (C=O) groups excluding carboxylic acids is 2. The van der Waals surface area contributed by atoms with Gasteiger partial charge in [-0.1, -0.05) is 67.6 Å². The van der Waals surface area contributed by atoms with Gasteiger partial charge < -0.3 is 20.8 Å². The highest BCUT2D eigenvalue weighted by molar-refractivity contribution is 7.92. The Hall–Kier alpha value is -3.32. The minimum absolute atomic E-state index is 0.0246. The van der Waals surface area contributed by atoms with Crippen LogP contribution in [0.3, 0.4) is 0 Å². The molecule has 2 aromatic carbocycles. The summed E-state index contributed by atoms with van der Waals surface area (Å²) in [7, 11) is -3.56. The maximum absolute atomic E-state index is 12.9. The molecule has 198 valence electrons. The van der Waals surface area contributed by atoms with Crippen LogP contribution in [0.2, 0.25) is 0 Å². The Morgan fingerprint density at radius 1 is 0.973 bits per heavy atom. The first-order valence-electron chi connectivity index (χ1n) is 11.5. The molecule has 0 aliphatic heterocycles. The first-order chi connectivity index (χ1) is 17.5. The molecule has 2 amide bonds. The topological polar surface area (TPSA) is 158 Å². The van der Waals surface area contributed by atoms with Gasteiger partial charge in [0.1, 0.15) is 11.8 Å². The minimum atomic E-state index is -3.56. The quantitative estimate of drug-likeness (QED) is 0.230. The van der Waals surface area contributed by atoms with Crippen molar-refractivity contribution in [3.05, 3.63) is 82.9 Å². The Morgan fingerprint density at radius 3 is 2.16 bits per heavy atom. The number of aromatic nitrogens is 1. The van der Waals surface area contributed by atoms with Crippen molar-refractivity contribution in [2.45, 2.75) is 38.1 Å². The predicted octanol–water partition coefficient (Wildman–Crippen LogP) is 1.53. The van der Waals surface area contributed by atoms with Crippen LogP contribution in [-0.2, 0) is 27.8 Å². The number of nitrogens with one attached hydrogen (secondary N) is 3. The van der Waals surface area contributed by atoms with Crippen LogP contribution in [0.1, 0.15) is 28.5 Å². The molecule has 0 radical (unpaired) electrons. The summed E-state index contributed by atoms with van der Waals surface area (Å²) >= 11 is 0.936. The monoisotopic (exact) mass is 546 g/mol.